The Balaban J connectivity index is 1.73. The van der Waals surface area contributed by atoms with Crippen LogP contribution < -0.4 is 0 Å². The smallest absolute Gasteiger partial charge is 0.330 e. The number of hydrogen-bond donors (Lipinski definition) is 0. The zero-order valence-corrected chi connectivity index (χ0v) is 20.6. The zero-order chi connectivity index (χ0) is 24.1. The molecule has 33 heavy (non-hydrogen) atoms. The van der Waals surface area contributed by atoms with Crippen molar-refractivity contribution >= 4 is 5.97 Å². The summed E-state index contributed by atoms with van der Waals surface area (Å²) >= 11 is 0. The van der Waals surface area contributed by atoms with Crippen LogP contribution in [0.25, 0.3) is 0 Å². The van der Waals surface area contributed by atoms with Crippen LogP contribution in [-0.2, 0) is 27.1 Å². The second-order valence-corrected chi connectivity index (χ2v) is 9.36. The van der Waals surface area contributed by atoms with Crippen LogP contribution in [0, 0.1) is 23.5 Å². The lowest BCUT2D eigenvalue weighted by Crippen LogP contribution is -2.27. The van der Waals surface area contributed by atoms with Crippen molar-refractivity contribution in [1.82, 2.24) is 0 Å². The molecule has 1 aliphatic carbocycles. The largest absolute Gasteiger partial charge is 0.462 e. The van der Waals surface area contributed by atoms with Crippen LogP contribution in [0.15, 0.2) is 24.8 Å². The highest BCUT2D eigenvalue weighted by molar-refractivity contribution is 5.81. The van der Waals surface area contributed by atoms with Crippen molar-refractivity contribution in [3.63, 3.8) is 0 Å². The van der Waals surface area contributed by atoms with Gasteiger partial charge >= 0.3 is 5.97 Å². The molecule has 0 radical (unpaired) electrons. The Morgan fingerprint density at radius 1 is 1.03 bits per heavy atom. The average Bonchev–Trinajstić information content (AvgIpc) is 2.81. The van der Waals surface area contributed by atoms with E-state index in [0.29, 0.717) is 44.0 Å². The average molecular weight is 465 g/mol. The highest BCUT2D eigenvalue weighted by Gasteiger charge is 2.27. The summed E-state index contributed by atoms with van der Waals surface area (Å²) < 4.78 is 39.4. The van der Waals surface area contributed by atoms with E-state index < -0.39 is 11.6 Å². The normalized spacial score (nSPS) is 19.3. The van der Waals surface area contributed by atoms with Gasteiger partial charge in [-0.05, 0) is 80.9 Å². The van der Waals surface area contributed by atoms with Crippen LogP contribution in [-0.4, -0.2) is 25.3 Å². The highest BCUT2D eigenvalue weighted by Crippen LogP contribution is 2.36. The van der Waals surface area contributed by atoms with Crippen LogP contribution in [0.5, 0.6) is 0 Å². The number of aryl methyl sites for hydroxylation is 1. The second kappa shape index (κ2) is 15.2. The van der Waals surface area contributed by atoms with Crippen molar-refractivity contribution in [1.29, 1.82) is 0 Å². The van der Waals surface area contributed by atoms with E-state index >= 15 is 0 Å². The molecule has 1 unspecified atom stereocenters. The fraction of sp³-hybridized carbons (Fsp3) is 0.679. The van der Waals surface area contributed by atoms with E-state index in [1.807, 2.05) is 6.92 Å². The Morgan fingerprint density at radius 3 is 2.33 bits per heavy atom. The number of ether oxygens (including phenoxy) is 2. The van der Waals surface area contributed by atoms with E-state index in [9.17, 15) is 13.6 Å². The Kier molecular flexibility index (Phi) is 12.7. The molecule has 186 valence electrons. The summed E-state index contributed by atoms with van der Waals surface area (Å²) in [7, 11) is 0. The van der Waals surface area contributed by atoms with Crippen molar-refractivity contribution in [2.24, 2.45) is 11.8 Å². The van der Waals surface area contributed by atoms with Gasteiger partial charge in [-0.1, -0.05) is 39.7 Å². The van der Waals surface area contributed by atoms with Gasteiger partial charge in [0.05, 0.1) is 19.3 Å². The predicted molar refractivity (Wildman–Crippen MR) is 129 cm³/mol. The number of rotatable bonds is 15. The van der Waals surface area contributed by atoms with E-state index in [0.717, 1.165) is 44.1 Å². The Morgan fingerprint density at radius 2 is 1.73 bits per heavy atom. The van der Waals surface area contributed by atoms with Crippen LogP contribution in [0.3, 0.4) is 0 Å². The Labute approximate surface area is 198 Å². The minimum absolute atomic E-state index is 0.224. The molecule has 5 heteroatoms. The van der Waals surface area contributed by atoms with Crippen molar-refractivity contribution in [3.8, 4) is 0 Å². The summed E-state index contributed by atoms with van der Waals surface area (Å²) in [4.78, 5) is 11.0. The summed E-state index contributed by atoms with van der Waals surface area (Å²) in [5.41, 5.74) is 0.998. The van der Waals surface area contributed by atoms with E-state index in [-0.39, 0.29) is 11.5 Å². The minimum atomic E-state index is -0.394. The topological polar surface area (TPSA) is 35.5 Å². The van der Waals surface area contributed by atoms with Gasteiger partial charge in [0, 0.05) is 18.1 Å². The van der Waals surface area contributed by atoms with Gasteiger partial charge < -0.3 is 9.47 Å². The summed E-state index contributed by atoms with van der Waals surface area (Å²) in [5, 5.41) is 0. The second-order valence-electron chi connectivity index (χ2n) is 9.36. The highest BCUT2D eigenvalue weighted by atomic mass is 19.1. The molecule has 1 fully saturated rings. The fourth-order valence-electron chi connectivity index (χ4n) is 5.11. The number of benzene rings is 1. The number of carbonyl (C=O) groups is 1. The van der Waals surface area contributed by atoms with Crippen LogP contribution in [0.2, 0.25) is 0 Å². The molecule has 1 aromatic rings. The van der Waals surface area contributed by atoms with Crippen LogP contribution in [0.4, 0.5) is 8.78 Å². The Hall–Kier alpha value is -1.75. The number of hydrogen-bond acceptors (Lipinski definition) is 3. The number of halogens is 2. The molecule has 1 atom stereocenters. The molecule has 1 aromatic carbocycles. The molecule has 3 nitrogen and oxygen atoms in total. The predicted octanol–water partition coefficient (Wildman–Crippen LogP) is 7.35. The third-order valence-electron chi connectivity index (χ3n) is 6.84. The van der Waals surface area contributed by atoms with Gasteiger partial charge in [-0.2, -0.15) is 0 Å². The summed E-state index contributed by atoms with van der Waals surface area (Å²) in [6.07, 6.45) is 13.1. The molecule has 1 saturated carbocycles. The summed E-state index contributed by atoms with van der Waals surface area (Å²) in [5.74, 6) is 0.201. The van der Waals surface area contributed by atoms with Gasteiger partial charge in [0.15, 0.2) is 0 Å². The first kappa shape index (κ1) is 27.5. The first-order chi connectivity index (χ1) is 16.0. The first-order valence-electron chi connectivity index (χ1n) is 12.9. The molecule has 0 bridgehead atoms. The molecule has 0 amide bonds. The lowest BCUT2D eigenvalue weighted by molar-refractivity contribution is -0.138. The lowest BCUT2D eigenvalue weighted by Gasteiger charge is -2.34. The third-order valence-corrected chi connectivity index (χ3v) is 6.84. The monoisotopic (exact) mass is 464 g/mol. The molecule has 0 aliphatic heterocycles. The maximum atomic E-state index is 14.2. The molecule has 1 aliphatic rings. The molecule has 0 aromatic heterocycles. The Bertz CT molecular complexity index is 703. The van der Waals surface area contributed by atoms with Crippen LogP contribution >= 0.6 is 0 Å². The summed E-state index contributed by atoms with van der Waals surface area (Å²) in [6, 6.07) is 3.06. The number of esters is 1. The van der Waals surface area contributed by atoms with Gasteiger partial charge in [0.1, 0.15) is 11.6 Å². The molecule has 0 spiro atoms. The van der Waals surface area contributed by atoms with Crippen molar-refractivity contribution in [3.05, 3.63) is 47.5 Å². The maximum Gasteiger partial charge on any atom is 0.330 e. The van der Waals surface area contributed by atoms with Gasteiger partial charge in [0.2, 0.25) is 0 Å². The zero-order valence-electron chi connectivity index (χ0n) is 20.6. The molecular formula is C28H42F2O3. The first-order valence-corrected chi connectivity index (χ1v) is 12.9. The maximum absolute atomic E-state index is 14.2. The van der Waals surface area contributed by atoms with Crippen molar-refractivity contribution < 1.29 is 23.0 Å². The molecule has 0 N–H and O–H groups in total. The fourth-order valence-corrected chi connectivity index (χ4v) is 5.11. The molecule has 0 heterocycles. The lowest BCUT2D eigenvalue weighted by atomic mass is 9.75. The summed E-state index contributed by atoms with van der Waals surface area (Å²) in [6.45, 7) is 8.53. The molecule has 0 saturated heterocycles. The van der Waals surface area contributed by atoms with Gasteiger partial charge in [-0.25, -0.2) is 13.6 Å². The van der Waals surface area contributed by atoms with Gasteiger partial charge in [0.25, 0.3) is 0 Å². The van der Waals surface area contributed by atoms with E-state index in [4.69, 9.17) is 9.47 Å². The van der Waals surface area contributed by atoms with E-state index in [1.54, 1.807) is 0 Å². The van der Waals surface area contributed by atoms with Crippen LogP contribution in [0.1, 0.15) is 89.2 Å². The SMILES string of the molecule is C=CC(=O)OCCCOC1CCC(C(CCC)CCCc2cc(F)c(CCC)c(F)c2)CC1. The van der Waals surface area contributed by atoms with Gasteiger partial charge in [-0.3, -0.25) is 0 Å². The van der Waals surface area contributed by atoms with E-state index in [1.165, 1.54) is 43.9 Å². The van der Waals surface area contributed by atoms with Gasteiger partial charge in [-0.15, -0.1) is 0 Å². The quantitative estimate of drug-likeness (QED) is 0.155. The number of carbonyl (C=O) groups excluding carboxylic acids is 1. The van der Waals surface area contributed by atoms with E-state index in [2.05, 4.69) is 13.5 Å². The molecule has 2 rings (SSSR count). The molecular weight excluding hydrogens is 422 g/mol. The minimum Gasteiger partial charge on any atom is -0.462 e. The standard InChI is InChI=1S/C28H42F2O3/c1-4-9-22(12-7-11-21-19-26(29)25(10-5-2)27(30)20-21)23-13-15-24(16-14-23)32-17-8-18-33-28(31)6-3/h6,19-20,22-24H,3-5,7-18H2,1-2H3. The van der Waals surface area contributed by atoms with Crippen molar-refractivity contribution in [2.75, 3.05) is 13.2 Å². The third kappa shape index (κ3) is 9.56. The van der Waals surface area contributed by atoms with Crippen molar-refractivity contribution in [2.45, 2.75) is 97.0 Å².